The SMILES string of the molecule is Cc1ccc(S(=O)(=O)Nc2nc(-c3ccc4c(c3)NC(=O)CO4)cs2)cc1. The maximum Gasteiger partial charge on any atom is 0.263 e. The van der Waals surface area contributed by atoms with Crippen LogP contribution < -0.4 is 14.8 Å². The zero-order valence-electron chi connectivity index (χ0n) is 14.2. The highest BCUT2D eigenvalue weighted by Gasteiger charge is 2.19. The Balaban J connectivity index is 1.58. The first kappa shape index (κ1) is 17.5. The number of aromatic nitrogens is 1. The molecule has 1 aliphatic rings. The number of nitrogens with one attached hydrogen (secondary N) is 2. The Morgan fingerprint density at radius 1 is 1.19 bits per heavy atom. The summed E-state index contributed by atoms with van der Waals surface area (Å²) >= 11 is 1.19. The average molecular weight is 401 g/mol. The zero-order chi connectivity index (χ0) is 19.0. The first-order chi connectivity index (χ1) is 12.9. The van der Waals surface area contributed by atoms with Crippen LogP contribution in [0, 0.1) is 6.92 Å². The van der Waals surface area contributed by atoms with Crippen LogP contribution in [0.3, 0.4) is 0 Å². The predicted octanol–water partition coefficient (Wildman–Crippen LogP) is 3.25. The molecule has 27 heavy (non-hydrogen) atoms. The second-order valence-corrected chi connectivity index (χ2v) is 8.54. The number of benzene rings is 2. The molecule has 1 aliphatic heterocycles. The molecule has 7 nitrogen and oxygen atoms in total. The minimum atomic E-state index is -3.70. The van der Waals surface area contributed by atoms with Gasteiger partial charge in [0.05, 0.1) is 16.3 Å². The number of rotatable bonds is 4. The molecule has 1 aromatic heterocycles. The molecule has 0 radical (unpaired) electrons. The fourth-order valence-corrected chi connectivity index (χ4v) is 4.56. The molecule has 2 heterocycles. The van der Waals surface area contributed by atoms with Gasteiger partial charge in [-0.15, -0.1) is 11.3 Å². The van der Waals surface area contributed by atoms with Gasteiger partial charge in [0.25, 0.3) is 15.9 Å². The summed E-state index contributed by atoms with van der Waals surface area (Å²) < 4.78 is 32.8. The average Bonchev–Trinajstić information content (AvgIpc) is 3.09. The Hall–Kier alpha value is -2.91. The van der Waals surface area contributed by atoms with Crippen molar-refractivity contribution in [2.45, 2.75) is 11.8 Å². The molecule has 0 saturated carbocycles. The molecule has 0 spiro atoms. The third kappa shape index (κ3) is 3.64. The van der Waals surface area contributed by atoms with E-state index in [0.29, 0.717) is 17.1 Å². The van der Waals surface area contributed by atoms with Crippen LogP contribution in [0.15, 0.2) is 52.7 Å². The monoisotopic (exact) mass is 401 g/mol. The van der Waals surface area contributed by atoms with Crippen molar-refractivity contribution in [3.63, 3.8) is 0 Å². The minimum absolute atomic E-state index is 0.00597. The summed E-state index contributed by atoms with van der Waals surface area (Å²) in [5, 5.41) is 4.76. The lowest BCUT2D eigenvalue weighted by Crippen LogP contribution is -2.25. The number of anilines is 2. The van der Waals surface area contributed by atoms with Crippen LogP contribution in [0.2, 0.25) is 0 Å². The van der Waals surface area contributed by atoms with Crippen LogP contribution in [0.4, 0.5) is 10.8 Å². The molecule has 0 saturated heterocycles. The van der Waals surface area contributed by atoms with Crippen molar-refractivity contribution in [3.05, 3.63) is 53.4 Å². The number of hydrogen-bond acceptors (Lipinski definition) is 6. The van der Waals surface area contributed by atoms with Crippen molar-refractivity contribution in [1.29, 1.82) is 0 Å². The first-order valence-electron chi connectivity index (χ1n) is 8.03. The van der Waals surface area contributed by atoms with E-state index < -0.39 is 10.0 Å². The molecule has 3 aromatic rings. The molecular formula is C18H15N3O4S2. The normalized spacial score (nSPS) is 13.4. The third-order valence-electron chi connectivity index (χ3n) is 3.97. The second kappa shape index (κ2) is 6.67. The summed E-state index contributed by atoms with van der Waals surface area (Å²) in [6.07, 6.45) is 0. The number of aryl methyl sites for hydroxylation is 1. The van der Waals surface area contributed by atoms with Crippen LogP contribution in [-0.4, -0.2) is 25.9 Å². The molecule has 0 atom stereocenters. The number of hydrogen-bond donors (Lipinski definition) is 2. The van der Waals surface area contributed by atoms with Crippen molar-refractivity contribution in [2.24, 2.45) is 0 Å². The highest BCUT2D eigenvalue weighted by Crippen LogP contribution is 2.34. The summed E-state index contributed by atoms with van der Waals surface area (Å²) in [7, 11) is -3.70. The van der Waals surface area contributed by atoms with Crippen molar-refractivity contribution in [3.8, 4) is 17.0 Å². The highest BCUT2D eigenvalue weighted by molar-refractivity contribution is 7.93. The van der Waals surface area contributed by atoms with Crippen molar-refractivity contribution in [2.75, 3.05) is 16.6 Å². The second-order valence-electron chi connectivity index (χ2n) is 6.00. The van der Waals surface area contributed by atoms with Crippen LogP contribution >= 0.6 is 11.3 Å². The Morgan fingerprint density at radius 2 is 1.96 bits per heavy atom. The highest BCUT2D eigenvalue weighted by atomic mass is 32.2. The van der Waals surface area contributed by atoms with Crippen molar-refractivity contribution >= 4 is 38.1 Å². The zero-order valence-corrected chi connectivity index (χ0v) is 15.9. The molecule has 0 bridgehead atoms. The van der Waals surface area contributed by atoms with E-state index in [1.807, 2.05) is 13.0 Å². The fraction of sp³-hybridized carbons (Fsp3) is 0.111. The minimum Gasteiger partial charge on any atom is -0.482 e. The summed E-state index contributed by atoms with van der Waals surface area (Å²) in [4.78, 5) is 16.0. The Morgan fingerprint density at radius 3 is 2.74 bits per heavy atom. The van der Waals surface area contributed by atoms with Gasteiger partial charge < -0.3 is 10.1 Å². The van der Waals surface area contributed by atoms with Crippen LogP contribution in [-0.2, 0) is 14.8 Å². The van der Waals surface area contributed by atoms with Crippen molar-refractivity contribution in [1.82, 2.24) is 4.98 Å². The number of carbonyl (C=O) groups is 1. The molecule has 4 rings (SSSR count). The van der Waals surface area contributed by atoms with Gasteiger partial charge in [0, 0.05) is 10.9 Å². The number of nitrogens with zero attached hydrogens (tertiary/aromatic N) is 1. The number of amides is 1. The third-order valence-corrected chi connectivity index (χ3v) is 6.21. The lowest BCUT2D eigenvalue weighted by Gasteiger charge is -2.18. The Labute approximate surface area is 160 Å². The summed E-state index contributed by atoms with van der Waals surface area (Å²) in [5.74, 6) is 0.373. The molecule has 0 aliphatic carbocycles. The van der Waals surface area contributed by atoms with Gasteiger partial charge >= 0.3 is 0 Å². The molecule has 1 amide bonds. The van der Waals surface area contributed by atoms with E-state index in [1.165, 1.54) is 11.3 Å². The summed E-state index contributed by atoms with van der Waals surface area (Å²) in [5.41, 5.74) is 2.90. The predicted molar refractivity (Wildman–Crippen MR) is 104 cm³/mol. The van der Waals surface area contributed by atoms with Crippen LogP contribution in [0.25, 0.3) is 11.3 Å². The van der Waals surface area contributed by atoms with Crippen LogP contribution in [0.5, 0.6) is 5.75 Å². The Bertz CT molecular complexity index is 1120. The number of thiazole rings is 1. The maximum absolute atomic E-state index is 12.5. The molecule has 0 unspecified atom stereocenters. The lowest BCUT2D eigenvalue weighted by molar-refractivity contribution is -0.118. The molecular weight excluding hydrogens is 386 g/mol. The van der Waals surface area contributed by atoms with E-state index in [9.17, 15) is 13.2 Å². The summed E-state index contributed by atoms with van der Waals surface area (Å²) in [6.45, 7) is 1.89. The molecule has 138 valence electrons. The topological polar surface area (TPSA) is 97.4 Å². The lowest BCUT2D eigenvalue weighted by atomic mass is 10.1. The van der Waals surface area contributed by atoms with Gasteiger partial charge in [-0.05, 0) is 37.3 Å². The number of fused-ring (bicyclic) bond motifs is 1. The van der Waals surface area contributed by atoms with Gasteiger partial charge in [0.1, 0.15) is 5.75 Å². The van der Waals surface area contributed by atoms with Gasteiger partial charge in [0.2, 0.25) is 0 Å². The fourth-order valence-electron chi connectivity index (χ4n) is 2.59. The molecule has 2 aromatic carbocycles. The van der Waals surface area contributed by atoms with Gasteiger partial charge in [-0.3, -0.25) is 9.52 Å². The first-order valence-corrected chi connectivity index (χ1v) is 10.4. The number of carbonyl (C=O) groups excluding carboxylic acids is 1. The van der Waals surface area contributed by atoms with Gasteiger partial charge in [-0.25, -0.2) is 13.4 Å². The smallest absolute Gasteiger partial charge is 0.263 e. The van der Waals surface area contributed by atoms with E-state index in [1.54, 1.807) is 41.8 Å². The van der Waals surface area contributed by atoms with E-state index >= 15 is 0 Å². The maximum atomic E-state index is 12.5. The van der Waals surface area contributed by atoms with E-state index in [4.69, 9.17) is 4.74 Å². The molecule has 9 heteroatoms. The van der Waals surface area contributed by atoms with Gasteiger partial charge in [-0.1, -0.05) is 17.7 Å². The summed E-state index contributed by atoms with van der Waals surface area (Å²) in [6, 6.07) is 11.9. The van der Waals surface area contributed by atoms with Gasteiger partial charge in [-0.2, -0.15) is 0 Å². The number of ether oxygens (including phenoxy) is 1. The molecule has 2 N–H and O–H groups in total. The van der Waals surface area contributed by atoms with E-state index in [-0.39, 0.29) is 22.5 Å². The quantitative estimate of drug-likeness (QED) is 0.699. The van der Waals surface area contributed by atoms with E-state index in [0.717, 1.165) is 11.1 Å². The van der Waals surface area contributed by atoms with Crippen molar-refractivity contribution < 1.29 is 17.9 Å². The standard InChI is InChI=1S/C18H15N3O4S2/c1-11-2-5-13(6-3-11)27(23,24)21-18-20-15(10-26-18)12-4-7-16-14(8-12)19-17(22)9-25-16/h2-8,10H,9H2,1H3,(H,19,22)(H,20,21). The Kier molecular flexibility index (Phi) is 4.33. The van der Waals surface area contributed by atoms with Gasteiger partial charge in [0.15, 0.2) is 11.7 Å². The number of sulfonamides is 1. The van der Waals surface area contributed by atoms with E-state index in [2.05, 4.69) is 15.0 Å². The molecule has 0 fully saturated rings. The van der Waals surface area contributed by atoms with Crippen LogP contribution in [0.1, 0.15) is 5.56 Å². The largest absolute Gasteiger partial charge is 0.482 e.